The van der Waals surface area contributed by atoms with Gasteiger partial charge in [-0.25, -0.2) is 9.59 Å². The van der Waals surface area contributed by atoms with Crippen molar-refractivity contribution in [1.29, 1.82) is 0 Å². The first-order valence-electron chi connectivity index (χ1n) is 15.7. The highest BCUT2D eigenvalue weighted by molar-refractivity contribution is 5.96. The zero-order chi connectivity index (χ0) is 30.7. The molecule has 0 unspecified atom stereocenters. The Morgan fingerprint density at radius 2 is 1.82 bits per heavy atom. The van der Waals surface area contributed by atoms with Crippen LogP contribution in [0.15, 0.2) is 42.5 Å². The third-order valence-corrected chi connectivity index (χ3v) is 9.29. The monoisotopic (exact) mass is 605 g/mol. The minimum absolute atomic E-state index is 0.0980. The zero-order valence-electron chi connectivity index (χ0n) is 24.6. The van der Waals surface area contributed by atoms with Gasteiger partial charge >= 0.3 is 12.1 Å². The largest absolute Gasteiger partial charge is 0.479 e. The minimum atomic E-state index is -1.41. The average Bonchev–Trinajstić information content (AvgIpc) is 3.49. The van der Waals surface area contributed by atoms with E-state index in [1.807, 2.05) is 42.5 Å². The summed E-state index contributed by atoms with van der Waals surface area (Å²) in [7, 11) is 0. The number of carboxylic acids is 1. The summed E-state index contributed by atoms with van der Waals surface area (Å²) >= 11 is 0. The Balaban J connectivity index is 1.27. The van der Waals surface area contributed by atoms with Crippen molar-refractivity contribution in [1.82, 2.24) is 35.7 Å². The fourth-order valence-electron chi connectivity index (χ4n) is 6.66. The number of alkyl carbamates (subject to hydrolysis) is 1. The number of aliphatic carboxylic acids is 1. The topological polar surface area (TPSA) is 169 Å². The van der Waals surface area contributed by atoms with E-state index in [0.717, 1.165) is 50.5 Å². The molecule has 5 atom stereocenters. The molecule has 44 heavy (non-hydrogen) atoms. The number of carbonyl (C=O) groups is 4. The molecule has 3 N–H and O–H groups in total. The maximum atomic E-state index is 14.2. The third-order valence-electron chi connectivity index (χ3n) is 9.29. The van der Waals surface area contributed by atoms with Gasteiger partial charge < -0.3 is 25.4 Å². The quantitative estimate of drug-likeness (QED) is 0.434. The maximum absolute atomic E-state index is 14.2. The summed E-state index contributed by atoms with van der Waals surface area (Å²) in [5.41, 5.74) is -0.628. The van der Waals surface area contributed by atoms with Crippen molar-refractivity contribution in [3.63, 3.8) is 0 Å². The molecule has 1 aromatic carbocycles. The molecule has 2 saturated carbocycles. The summed E-state index contributed by atoms with van der Waals surface area (Å²) in [6.45, 7) is 0.0980. The fraction of sp³-hybridized carbons (Fsp3) is 0.581. The third kappa shape index (κ3) is 6.31. The molecule has 3 amide bonds. The first kappa shape index (κ1) is 29.8. The SMILES string of the molecule is O=C(N[C@H]1CCCCC/C=C\[C@H]2C[C@@]2(C(=O)O)NC(=O)[C@@H]2C[C@@H](n3nnc(-c4ccccc4)n3)CN2C1=O)OC1CCCC1. The molecular formula is C31H39N7O6. The highest BCUT2D eigenvalue weighted by atomic mass is 16.6. The molecule has 6 rings (SSSR count). The number of hydrogen-bond acceptors (Lipinski definition) is 8. The van der Waals surface area contributed by atoms with Gasteiger partial charge in [-0.2, -0.15) is 4.80 Å². The normalized spacial score (nSPS) is 30.3. The predicted octanol–water partition coefficient (Wildman–Crippen LogP) is 3.00. The number of benzene rings is 1. The molecule has 3 fully saturated rings. The molecule has 2 aromatic rings. The van der Waals surface area contributed by atoms with Gasteiger partial charge in [-0.05, 0) is 56.6 Å². The first-order chi connectivity index (χ1) is 21.3. The van der Waals surface area contributed by atoms with E-state index >= 15 is 0 Å². The standard InChI is InChI=1S/C31H39N7O6/c39-27-25-17-22(38-35-26(34-36-38)20-11-5-4-6-12-20)19-37(25)28(40)24(32-30(43)44-23-14-9-10-15-23)16-8-3-1-2-7-13-21-18-31(21,33-27)29(41)42/h4-7,11-13,21-25H,1-3,8-10,14-19H2,(H,32,43)(H,33,39)(H,41,42)/b13-7-/t21-,22+,24-,25-,31+/m0/s1. The lowest BCUT2D eigenvalue weighted by Crippen LogP contribution is -2.56. The van der Waals surface area contributed by atoms with E-state index in [4.69, 9.17) is 4.74 Å². The Kier molecular flexibility index (Phi) is 8.62. The van der Waals surface area contributed by atoms with Crippen LogP contribution in [0.3, 0.4) is 0 Å². The number of nitrogens with one attached hydrogen (secondary N) is 2. The zero-order valence-corrected chi connectivity index (χ0v) is 24.6. The maximum Gasteiger partial charge on any atom is 0.408 e. The van der Waals surface area contributed by atoms with Crippen LogP contribution in [0.25, 0.3) is 11.4 Å². The number of aromatic nitrogens is 4. The number of rotatable bonds is 5. The van der Waals surface area contributed by atoms with E-state index < -0.39 is 47.5 Å². The van der Waals surface area contributed by atoms with E-state index in [0.29, 0.717) is 18.7 Å². The van der Waals surface area contributed by atoms with Crippen LogP contribution in [0, 0.1) is 5.92 Å². The van der Waals surface area contributed by atoms with E-state index in [1.165, 1.54) is 9.70 Å². The lowest BCUT2D eigenvalue weighted by molar-refractivity contribution is -0.145. The van der Waals surface area contributed by atoms with Crippen LogP contribution in [-0.4, -0.2) is 84.4 Å². The number of carboxylic acid groups (broad SMARTS) is 1. The van der Waals surface area contributed by atoms with E-state index in [-0.39, 0.29) is 31.4 Å². The Labute approximate surface area is 255 Å². The Morgan fingerprint density at radius 1 is 1.05 bits per heavy atom. The van der Waals surface area contributed by atoms with Gasteiger partial charge in [-0.15, -0.1) is 10.2 Å². The summed E-state index contributed by atoms with van der Waals surface area (Å²) in [5.74, 6) is -1.97. The first-order valence-corrected chi connectivity index (χ1v) is 15.7. The van der Waals surface area contributed by atoms with Gasteiger partial charge in [0.25, 0.3) is 0 Å². The van der Waals surface area contributed by atoms with Crippen molar-refractivity contribution in [3.8, 4) is 11.4 Å². The summed E-state index contributed by atoms with van der Waals surface area (Å²) in [4.78, 5) is 56.1. The number of hydrogen-bond donors (Lipinski definition) is 3. The van der Waals surface area contributed by atoms with Crippen LogP contribution >= 0.6 is 0 Å². The summed E-state index contributed by atoms with van der Waals surface area (Å²) in [5, 5.41) is 28.6. The van der Waals surface area contributed by atoms with Gasteiger partial charge in [0, 0.05) is 24.4 Å². The minimum Gasteiger partial charge on any atom is -0.479 e. The number of carbonyl (C=O) groups excluding carboxylic acids is 3. The van der Waals surface area contributed by atoms with Crippen LogP contribution in [0.5, 0.6) is 0 Å². The summed E-state index contributed by atoms with van der Waals surface area (Å²) < 4.78 is 5.61. The fourth-order valence-corrected chi connectivity index (χ4v) is 6.66. The van der Waals surface area contributed by atoms with Crippen molar-refractivity contribution in [2.24, 2.45) is 5.92 Å². The van der Waals surface area contributed by atoms with Gasteiger partial charge in [0.05, 0.1) is 6.04 Å². The second-order valence-electron chi connectivity index (χ2n) is 12.3. The molecule has 4 aliphatic rings. The van der Waals surface area contributed by atoms with E-state index in [2.05, 4.69) is 26.0 Å². The molecule has 13 nitrogen and oxygen atoms in total. The molecule has 0 radical (unpaired) electrons. The van der Waals surface area contributed by atoms with Crippen molar-refractivity contribution in [2.75, 3.05) is 6.54 Å². The Morgan fingerprint density at radius 3 is 2.59 bits per heavy atom. The van der Waals surface area contributed by atoms with Gasteiger partial charge in [-0.1, -0.05) is 55.3 Å². The number of ether oxygens (including phenoxy) is 1. The second kappa shape index (κ2) is 12.7. The molecule has 1 saturated heterocycles. The molecule has 2 aliphatic carbocycles. The van der Waals surface area contributed by atoms with Gasteiger partial charge in [0.15, 0.2) is 0 Å². The molecule has 1 aromatic heterocycles. The number of allylic oxidation sites excluding steroid dienone is 1. The predicted molar refractivity (Wildman–Crippen MR) is 157 cm³/mol. The lowest BCUT2D eigenvalue weighted by Gasteiger charge is -2.29. The number of fused-ring (bicyclic) bond motifs is 2. The second-order valence-corrected chi connectivity index (χ2v) is 12.3. The van der Waals surface area contributed by atoms with Crippen LogP contribution in [0.1, 0.15) is 76.7 Å². The van der Waals surface area contributed by atoms with Gasteiger partial charge in [-0.3, -0.25) is 9.59 Å². The number of tetrazole rings is 1. The van der Waals surface area contributed by atoms with Crippen molar-refractivity contribution >= 4 is 23.9 Å². The molecule has 0 spiro atoms. The number of nitrogens with zero attached hydrogens (tertiary/aromatic N) is 5. The van der Waals surface area contributed by atoms with E-state index in [9.17, 15) is 24.3 Å². The molecule has 234 valence electrons. The van der Waals surface area contributed by atoms with Crippen molar-refractivity contribution in [3.05, 3.63) is 42.5 Å². The molecule has 2 aliphatic heterocycles. The summed E-state index contributed by atoms with van der Waals surface area (Å²) in [6, 6.07) is 6.99. The molecule has 0 bridgehead atoms. The van der Waals surface area contributed by atoms with Crippen molar-refractivity contribution in [2.45, 2.75) is 100 Å². The molecule has 13 heteroatoms. The lowest BCUT2D eigenvalue weighted by atomic mass is 10.0. The van der Waals surface area contributed by atoms with Gasteiger partial charge in [0.2, 0.25) is 17.6 Å². The Hall–Kier alpha value is -4.29. The highest BCUT2D eigenvalue weighted by Crippen LogP contribution is 2.45. The highest BCUT2D eigenvalue weighted by Gasteiger charge is 2.61. The van der Waals surface area contributed by atoms with Crippen LogP contribution < -0.4 is 10.6 Å². The van der Waals surface area contributed by atoms with Crippen LogP contribution in [0.2, 0.25) is 0 Å². The smallest absolute Gasteiger partial charge is 0.408 e. The van der Waals surface area contributed by atoms with Gasteiger partial charge in [0.1, 0.15) is 23.7 Å². The van der Waals surface area contributed by atoms with Crippen molar-refractivity contribution < 1.29 is 29.0 Å². The Bertz CT molecular complexity index is 1410. The number of amides is 3. The van der Waals surface area contributed by atoms with E-state index in [1.54, 1.807) is 0 Å². The molecule has 3 heterocycles. The average molecular weight is 606 g/mol. The van der Waals surface area contributed by atoms with Crippen LogP contribution in [-0.2, 0) is 19.1 Å². The van der Waals surface area contributed by atoms with Crippen LogP contribution in [0.4, 0.5) is 4.79 Å². The molecular weight excluding hydrogens is 566 g/mol. The summed E-state index contributed by atoms with van der Waals surface area (Å²) in [6.07, 6.45) is 10.6.